The fourth-order valence-corrected chi connectivity index (χ4v) is 0.620. The van der Waals surface area contributed by atoms with Crippen molar-refractivity contribution in [2.45, 2.75) is 26.0 Å². The number of hydrogen-bond acceptors (Lipinski definition) is 5. The van der Waals surface area contributed by atoms with Crippen molar-refractivity contribution in [2.24, 2.45) is 0 Å². The zero-order valence-corrected chi connectivity index (χ0v) is 8.23. The summed E-state index contributed by atoms with van der Waals surface area (Å²) in [7, 11) is 0. The summed E-state index contributed by atoms with van der Waals surface area (Å²) in [5.41, 5.74) is 0. The molecule has 0 unspecified atom stereocenters. The molecule has 0 aromatic carbocycles. The zero-order valence-electron chi connectivity index (χ0n) is 8.23. The lowest BCUT2D eigenvalue weighted by molar-refractivity contribution is -0.159. The van der Waals surface area contributed by atoms with Crippen LogP contribution in [0.2, 0.25) is 0 Å². The summed E-state index contributed by atoms with van der Waals surface area (Å²) in [6.45, 7) is 1.97. The highest BCUT2D eigenvalue weighted by Gasteiger charge is 2.22. The van der Waals surface area contributed by atoms with Gasteiger partial charge in [0.15, 0.2) is 0 Å². The van der Waals surface area contributed by atoms with Gasteiger partial charge in [-0.1, -0.05) is 13.3 Å². The molecule has 0 aromatic rings. The number of nitrogens with one attached hydrogen (secondary N) is 1. The topological polar surface area (TPSA) is 113 Å². The number of rotatable bonds is 5. The van der Waals surface area contributed by atoms with Gasteiger partial charge in [0.05, 0.1) is 6.61 Å². The first-order valence-electron chi connectivity index (χ1n) is 4.37. The van der Waals surface area contributed by atoms with Gasteiger partial charge in [-0.25, -0.2) is 9.59 Å². The molecule has 0 aliphatic rings. The van der Waals surface area contributed by atoms with Gasteiger partial charge in [0.2, 0.25) is 6.23 Å². The van der Waals surface area contributed by atoms with Crippen molar-refractivity contribution in [3.8, 4) is 0 Å². The smallest absolute Gasteiger partial charge is 0.396 e. The largest absolute Gasteiger partial charge is 0.478 e. The first-order valence-corrected chi connectivity index (χ1v) is 4.37. The molecule has 0 bridgehead atoms. The molecule has 0 saturated carbocycles. The van der Waals surface area contributed by atoms with E-state index >= 15 is 0 Å². The number of aliphatic hydroxyl groups is 1. The maximum Gasteiger partial charge on any atom is 0.396 e. The number of esters is 1. The van der Waals surface area contributed by atoms with E-state index in [9.17, 15) is 14.4 Å². The lowest BCUT2D eigenvalue weighted by Crippen LogP contribution is -2.44. The van der Waals surface area contributed by atoms with Crippen LogP contribution in [0.3, 0.4) is 0 Å². The van der Waals surface area contributed by atoms with E-state index in [1.807, 2.05) is 6.92 Å². The van der Waals surface area contributed by atoms with Crippen LogP contribution in [0.4, 0.5) is 0 Å². The Morgan fingerprint density at radius 3 is 2.47 bits per heavy atom. The van der Waals surface area contributed by atoms with E-state index < -0.39 is 24.1 Å². The number of unbranched alkanes of at least 4 members (excludes halogenated alkanes) is 1. The van der Waals surface area contributed by atoms with Crippen LogP contribution in [0.15, 0.2) is 0 Å². The molecule has 0 radical (unpaired) electrons. The van der Waals surface area contributed by atoms with Crippen LogP contribution in [-0.4, -0.2) is 40.9 Å². The molecule has 1 atom stereocenters. The van der Waals surface area contributed by atoms with Crippen LogP contribution < -0.4 is 5.32 Å². The molecule has 0 aromatic heterocycles. The van der Waals surface area contributed by atoms with Crippen LogP contribution in [-0.2, 0) is 19.1 Å². The minimum absolute atomic E-state index is 0.0892. The Labute approximate surface area is 86.0 Å². The highest BCUT2D eigenvalue weighted by Crippen LogP contribution is 1.89. The number of aliphatic hydroxyl groups excluding tert-OH is 1. The van der Waals surface area contributed by atoms with E-state index in [4.69, 9.17) is 10.2 Å². The number of carboxylic acids is 1. The number of aliphatic carboxylic acids is 1. The van der Waals surface area contributed by atoms with Gasteiger partial charge in [-0.15, -0.1) is 0 Å². The lowest BCUT2D eigenvalue weighted by atomic mass is 10.4. The Hall–Kier alpha value is -1.63. The molecule has 1 amide bonds. The lowest BCUT2D eigenvalue weighted by Gasteiger charge is -2.07. The summed E-state index contributed by atoms with van der Waals surface area (Å²) >= 11 is 0. The minimum Gasteiger partial charge on any atom is -0.478 e. The van der Waals surface area contributed by atoms with Crippen molar-refractivity contribution < 1.29 is 29.3 Å². The maximum absolute atomic E-state index is 10.8. The highest BCUT2D eigenvalue weighted by molar-refractivity contribution is 6.32. The standard InChI is InChI=1S/C8H13NO6/c1-2-3-4-15-8(14)6(11)9-5(10)7(12)13/h5,10H,2-4H2,1H3,(H,9,11)(H,12,13)/t5-/m1/s1. The maximum atomic E-state index is 10.8. The second kappa shape index (κ2) is 6.77. The Bertz CT molecular complexity index is 252. The molecule has 0 rings (SSSR count). The third kappa shape index (κ3) is 5.63. The van der Waals surface area contributed by atoms with E-state index in [-0.39, 0.29) is 6.61 Å². The number of carbonyl (C=O) groups excluding carboxylic acids is 2. The molecule has 0 aliphatic carbocycles. The van der Waals surface area contributed by atoms with Crippen molar-refractivity contribution >= 4 is 17.8 Å². The van der Waals surface area contributed by atoms with Crippen molar-refractivity contribution in [3.63, 3.8) is 0 Å². The molecule has 3 N–H and O–H groups in total. The Kier molecular flexibility index (Phi) is 6.03. The third-order valence-electron chi connectivity index (χ3n) is 1.42. The van der Waals surface area contributed by atoms with Gasteiger partial charge in [0, 0.05) is 0 Å². The summed E-state index contributed by atoms with van der Waals surface area (Å²) < 4.78 is 4.47. The molecule has 7 heteroatoms. The molecule has 7 nitrogen and oxygen atoms in total. The van der Waals surface area contributed by atoms with Gasteiger partial charge in [0.1, 0.15) is 0 Å². The van der Waals surface area contributed by atoms with Gasteiger partial charge in [-0.05, 0) is 6.42 Å². The molecular formula is C8H13NO6. The Morgan fingerprint density at radius 2 is 2.00 bits per heavy atom. The first kappa shape index (κ1) is 13.4. The molecule has 15 heavy (non-hydrogen) atoms. The number of hydrogen-bond donors (Lipinski definition) is 3. The fraction of sp³-hybridized carbons (Fsp3) is 0.625. The van der Waals surface area contributed by atoms with Crippen LogP contribution in [0.5, 0.6) is 0 Å². The van der Waals surface area contributed by atoms with E-state index in [1.165, 1.54) is 0 Å². The Balaban J connectivity index is 3.89. The summed E-state index contributed by atoms with van der Waals surface area (Å²) in [4.78, 5) is 31.8. The van der Waals surface area contributed by atoms with Crippen molar-refractivity contribution in [1.82, 2.24) is 5.32 Å². The second-order valence-electron chi connectivity index (χ2n) is 2.70. The van der Waals surface area contributed by atoms with Gasteiger partial charge in [-0.3, -0.25) is 4.79 Å². The third-order valence-corrected chi connectivity index (χ3v) is 1.42. The summed E-state index contributed by atoms with van der Waals surface area (Å²) in [6.07, 6.45) is -0.691. The molecule has 0 spiro atoms. The van der Waals surface area contributed by atoms with Gasteiger partial charge >= 0.3 is 17.8 Å². The monoisotopic (exact) mass is 219 g/mol. The quantitative estimate of drug-likeness (QED) is 0.233. The molecule has 0 heterocycles. The van der Waals surface area contributed by atoms with Crippen LogP contribution in [0.1, 0.15) is 19.8 Å². The second-order valence-corrected chi connectivity index (χ2v) is 2.70. The SMILES string of the molecule is CCCCOC(=O)C(=O)N[C@H](O)C(=O)O. The minimum atomic E-state index is -2.10. The number of ether oxygens (including phenoxy) is 1. The van der Waals surface area contributed by atoms with Crippen LogP contribution >= 0.6 is 0 Å². The van der Waals surface area contributed by atoms with E-state index in [0.717, 1.165) is 6.42 Å². The normalized spacial score (nSPS) is 11.6. The molecular weight excluding hydrogens is 206 g/mol. The molecule has 86 valence electrons. The van der Waals surface area contributed by atoms with Crippen molar-refractivity contribution in [1.29, 1.82) is 0 Å². The predicted octanol–water partition coefficient (Wildman–Crippen LogP) is -1.15. The molecule has 0 aliphatic heterocycles. The average molecular weight is 219 g/mol. The first-order chi connectivity index (χ1) is 6.99. The average Bonchev–Trinajstić information content (AvgIpc) is 2.17. The number of carbonyl (C=O) groups is 3. The van der Waals surface area contributed by atoms with E-state index in [0.29, 0.717) is 6.42 Å². The molecule has 0 saturated heterocycles. The number of amides is 1. The zero-order chi connectivity index (χ0) is 11.8. The van der Waals surface area contributed by atoms with E-state index in [2.05, 4.69) is 4.74 Å². The molecule has 0 fully saturated rings. The number of carboxylic acid groups (broad SMARTS) is 1. The fourth-order valence-electron chi connectivity index (χ4n) is 0.620. The summed E-state index contributed by atoms with van der Waals surface area (Å²) in [5.74, 6) is -4.13. The van der Waals surface area contributed by atoms with Gasteiger partial charge in [0.25, 0.3) is 0 Å². The van der Waals surface area contributed by atoms with Crippen LogP contribution in [0.25, 0.3) is 0 Å². The van der Waals surface area contributed by atoms with Crippen LogP contribution in [0, 0.1) is 0 Å². The van der Waals surface area contributed by atoms with Gasteiger partial charge < -0.3 is 20.3 Å². The Morgan fingerprint density at radius 1 is 1.40 bits per heavy atom. The van der Waals surface area contributed by atoms with E-state index in [1.54, 1.807) is 5.32 Å². The summed E-state index contributed by atoms with van der Waals surface area (Å²) in [6, 6.07) is 0. The highest BCUT2D eigenvalue weighted by atomic mass is 16.5. The van der Waals surface area contributed by atoms with Gasteiger partial charge in [-0.2, -0.15) is 0 Å². The van der Waals surface area contributed by atoms with Crippen molar-refractivity contribution in [3.05, 3.63) is 0 Å². The van der Waals surface area contributed by atoms with Crippen molar-refractivity contribution in [2.75, 3.05) is 6.61 Å². The predicted molar refractivity (Wildman–Crippen MR) is 47.7 cm³/mol. The summed E-state index contributed by atoms with van der Waals surface area (Å²) in [5, 5.41) is 18.4.